The number of methoxy groups -OCH3 is 1. The van der Waals surface area contributed by atoms with Gasteiger partial charge in [0, 0.05) is 36.1 Å². The second-order valence-corrected chi connectivity index (χ2v) is 9.49. The molecule has 1 aromatic heterocycles. The molecule has 0 spiro atoms. The van der Waals surface area contributed by atoms with Crippen molar-refractivity contribution >= 4 is 28.8 Å². The number of nitrogens with zero attached hydrogens (tertiary/aromatic N) is 2. The number of halogens is 1. The van der Waals surface area contributed by atoms with E-state index >= 15 is 0 Å². The molecule has 1 amide bonds. The molecule has 0 aliphatic carbocycles. The van der Waals surface area contributed by atoms with E-state index in [1.807, 2.05) is 35.8 Å². The fourth-order valence-electron chi connectivity index (χ4n) is 3.82. The molecule has 0 unspecified atom stereocenters. The van der Waals surface area contributed by atoms with Crippen LogP contribution in [-0.2, 0) is 16.0 Å². The van der Waals surface area contributed by atoms with Crippen LogP contribution in [-0.4, -0.2) is 72.9 Å². The second kappa shape index (κ2) is 11.3. The summed E-state index contributed by atoms with van der Waals surface area (Å²) in [5.41, 5.74) is 1.16. The van der Waals surface area contributed by atoms with Crippen molar-refractivity contribution in [3.63, 3.8) is 0 Å². The molecule has 0 bridgehead atoms. The highest BCUT2D eigenvalue weighted by atomic mass is 35.5. The molecule has 1 N–H and O–H groups in total. The third-order valence-corrected chi connectivity index (χ3v) is 6.76. The van der Waals surface area contributed by atoms with Gasteiger partial charge in [-0.05, 0) is 61.5 Å². The topological polar surface area (TPSA) is 62.2 Å². The Morgan fingerprint density at radius 1 is 1.32 bits per heavy atom. The maximum absolute atomic E-state index is 13.4. The predicted molar refractivity (Wildman–Crippen MR) is 124 cm³/mol. The van der Waals surface area contributed by atoms with Crippen LogP contribution >= 0.6 is 22.9 Å². The summed E-state index contributed by atoms with van der Waals surface area (Å²) in [6, 6.07) is 9.34. The van der Waals surface area contributed by atoms with Gasteiger partial charge in [-0.25, -0.2) is 0 Å². The van der Waals surface area contributed by atoms with Crippen LogP contribution in [0.2, 0.25) is 5.02 Å². The Balaban J connectivity index is 1.72. The summed E-state index contributed by atoms with van der Waals surface area (Å²) in [4.78, 5) is 18.6. The molecule has 31 heavy (non-hydrogen) atoms. The third-order valence-electron chi connectivity index (χ3n) is 5.51. The molecule has 1 aromatic carbocycles. The highest BCUT2D eigenvalue weighted by Crippen LogP contribution is 2.34. The fourth-order valence-corrected chi connectivity index (χ4v) is 4.87. The lowest BCUT2D eigenvalue weighted by Crippen LogP contribution is -2.49. The number of benzene rings is 1. The molecule has 2 heterocycles. The monoisotopic (exact) mass is 466 g/mol. The minimum atomic E-state index is -0.630. The van der Waals surface area contributed by atoms with Gasteiger partial charge in [-0.1, -0.05) is 11.6 Å². The lowest BCUT2D eigenvalue weighted by Gasteiger charge is -2.38. The van der Waals surface area contributed by atoms with E-state index in [-0.39, 0.29) is 31.1 Å². The Morgan fingerprint density at radius 3 is 2.74 bits per heavy atom. The number of rotatable bonds is 10. The lowest BCUT2D eigenvalue weighted by atomic mass is 10.00. The highest BCUT2D eigenvalue weighted by Gasteiger charge is 2.33. The summed E-state index contributed by atoms with van der Waals surface area (Å²) in [7, 11) is 1.56. The Hall–Kier alpha value is -1.64. The number of aliphatic hydroxyl groups is 1. The quantitative estimate of drug-likeness (QED) is 0.579. The average Bonchev–Trinajstić information content (AvgIpc) is 3.21. The molecule has 1 aliphatic rings. The van der Waals surface area contributed by atoms with Crippen LogP contribution in [0.1, 0.15) is 30.3 Å². The summed E-state index contributed by atoms with van der Waals surface area (Å²) in [6.07, 6.45) is 0.221. The van der Waals surface area contributed by atoms with Crippen molar-refractivity contribution < 1.29 is 19.4 Å². The first-order chi connectivity index (χ1) is 14.9. The number of ether oxygens (including phenoxy) is 2. The van der Waals surface area contributed by atoms with Gasteiger partial charge in [-0.2, -0.15) is 0 Å². The second-order valence-electron chi connectivity index (χ2n) is 8.05. The maximum Gasteiger partial charge on any atom is 0.237 e. The first kappa shape index (κ1) is 24.0. The summed E-state index contributed by atoms with van der Waals surface area (Å²) >= 11 is 7.70. The van der Waals surface area contributed by atoms with Gasteiger partial charge in [0.25, 0.3) is 0 Å². The van der Waals surface area contributed by atoms with E-state index in [0.717, 1.165) is 17.7 Å². The molecule has 0 radical (unpaired) electrons. The number of hydrogen-bond donors (Lipinski definition) is 1. The molecule has 8 heteroatoms. The van der Waals surface area contributed by atoms with Crippen LogP contribution in [0.15, 0.2) is 35.7 Å². The number of carbonyl (C=O) groups excluding carboxylic acids is 1. The summed E-state index contributed by atoms with van der Waals surface area (Å²) in [5, 5.41) is 12.9. The number of fused-ring (bicyclic) bond motifs is 1. The van der Waals surface area contributed by atoms with E-state index < -0.39 is 6.10 Å². The van der Waals surface area contributed by atoms with E-state index in [4.69, 9.17) is 21.1 Å². The molecule has 0 fully saturated rings. The molecule has 170 valence electrons. The zero-order valence-corrected chi connectivity index (χ0v) is 19.9. The number of amides is 1. The smallest absolute Gasteiger partial charge is 0.237 e. The van der Waals surface area contributed by atoms with Crippen LogP contribution in [0, 0.1) is 0 Å². The fraction of sp³-hybridized carbons (Fsp3) is 0.522. The van der Waals surface area contributed by atoms with Gasteiger partial charge in [-0.15, -0.1) is 11.3 Å². The molecule has 2 aromatic rings. The van der Waals surface area contributed by atoms with Crippen molar-refractivity contribution in [1.82, 2.24) is 9.80 Å². The standard InChI is InChI=1S/C23H31ClN2O4S/c1-16(2)25(12-18(27)14-29-3)13-23(28)26-10-8-22-20(9-11-31-22)21(26)15-30-19-6-4-17(24)5-7-19/h4-7,9,11,16,18,21,27H,8,10,12-15H2,1-3H3/t18-,21-/m1/s1. The van der Waals surface area contributed by atoms with Crippen molar-refractivity contribution in [2.24, 2.45) is 0 Å². The van der Waals surface area contributed by atoms with Crippen LogP contribution in [0.25, 0.3) is 0 Å². The number of carbonyl (C=O) groups is 1. The summed E-state index contributed by atoms with van der Waals surface area (Å²) < 4.78 is 11.1. The molecule has 1 aliphatic heterocycles. The first-order valence-corrected chi connectivity index (χ1v) is 11.8. The minimum absolute atomic E-state index is 0.0415. The van der Waals surface area contributed by atoms with Gasteiger partial charge < -0.3 is 19.5 Å². The maximum atomic E-state index is 13.4. The Morgan fingerprint density at radius 2 is 2.06 bits per heavy atom. The van der Waals surface area contributed by atoms with Crippen molar-refractivity contribution in [3.8, 4) is 5.75 Å². The van der Waals surface area contributed by atoms with E-state index in [9.17, 15) is 9.90 Å². The molecule has 3 rings (SSSR count). The van der Waals surface area contributed by atoms with Crippen LogP contribution in [0.5, 0.6) is 5.75 Å². The number of aliphatic hydroxyl groups excluding tert-OH is 1. The number of thiophene rings is 1. The molecule has 2 atom stereocenters. The molecule has 0 saturated heterocycles. The summed E-state index contributed by atoms with van der Waals surface area (Å²) in [6.45, 7) is 5.98. The van der Waals surface area contributed by atoms with E-state index in [1.54, 1.807) is 30.6 Å². The van der Waals surface area contributed by atoms with Crippen molar-refractivity contribution in [2.45, 2.75) is 38.5 Å². The summed E-state index contributed by atoms with van der Waals surface area (Å²) in [5.74, 6) is 0.769. The first-order valence-electron chi connectivity index (χ1n) is 10.5. The van der Waals surface area contributed by atoms with E-state index in [2.05, 4.69) is 11.4 Å². The molecule has 6 nitrogen and oxygen atoms in total. The van der Waals surface area contributed by atoms with Gasteiger partial charge >= 0.3 is 0 Å². The predicted octanol–water partition coefficient (Wildman–Crippen LogP) is 3.62. The molecule has 0 saturated carbocycles. The normalized spacial score (nSPS) is 17.1. The number of hydrogen-bond acceptors (Lipinski definition) is 6. The van der Waals surface area contributed by atoms with Crippen molar-refractivity contribution in [2.75, 3.05) is 40.0 Å². The van der Waals surface area contributed by atoms with Gasteiger partial charge in [-0.3, -0.25) is 9.69 Å². The van der Waals surface area contributed by atoms with Crippen LogP contribution in [0.3, 0.4) is 0 Å². The van der Waals surface area contributed by atoms with Gasteiger partial charge in [0.2, 0.25) is 5.91 Å². The van der Waals surface area contributed by atoms with Crippen LogP contribution < -0.4 is 4.74 Å². The van der Waals surface area contributed by atoms with E-state index in [0.29, 0.717) is 24.7 Å². The highest BCUT2D eigenvalue weighted by molar-refractivity contribution is 7.10. The zero-order chi connectivity index (χ0) is 22.4. The SMILES string of the molecule is COC[C@H](O)CN(CC(=O)N1CCc2sccc2[C@H]1COc1ccc(Cl)cc1)C(C)C. The van der Waals surface area contributed by atoms with Gasteiger partial charge in [0.1, 0.15) is 12.4 Å². The molecular formula is C23H31ClN2O4S. The van der Waals surface area contributed by atoms with Gasteiger partial charge in [0.15, 0.2) is 0 Å². The van der Waals surface area contributed by atoms with Crippen LogP contribution in [0.4, 0.5) is 0 Å². The third kappa shape index (κ3) is 6.43. The van der Waals surface area contributed by atoms with E-state index in [1.165, 1.54) is 4.88 Å². The van der Waals surface area contributed by atoms with Crippen molar-refractivity contribution in [3.05, 3.63) is 51.2 Å². The zero-order valence-electron chi connectivity index (χ0n) is 18.3. The lowest BCUT2D eigenvalue weighted by molar-refractivity contribution is -0.137. The minimum Gasteiger partial charge on any atom is -0.491 e. The molecular weight excluding hydrogens is 436 g/mol. The Labute approximate surface area is 193 Å². The Bertz CT molecular complexity index is 842. The largest absolute Gasteiger partial charge is 0.491 e. The Kier molecular flexibility index (Phi) is 8.75. The average molecular weight is 467 g/mol. The van der Waals surface area contributed by atoms with Crippen molar-refractivity contribution in [1.29, 1.82) is 0 Å². The van der Waals surface area contributed by atoms with Gasteiger partial charge in [0.05, 0.1) is 25.3 Å².